The lowest BCUT2D eigenvalue weighted by Gasteiger charge is -2.34. The fourth-order valence-corrected chi connectivity index (χ4v) is 7.40. The summed E-state index contributed by atoms with van der Waals surface area (Å²) in [5.41, 5.74) is 1.60. The minimum Gasteiger partial charge on any atom is -0.306 e. The number of hydrogen-bond acceptors (Lipinski definition) is 1. The molecule has 0 heterocycles. The van der Waals surface area contributed by atoms with Crippen molar-refractivity contribution in [3.63, 3.8) is 0 Å². The third kappa shape index (κ3) is 5.53. The quantitative estimate of drug-likeness (QED) is 0.306. The van der Waals surface area contributed by atoms with Crippen LogP contribution >= 0.6 is 7.92 Å². The first-order chi connectivity index (χ1) is 15.2. The van der Waals surface area contributed by atoms with Crippen molar-refractivity contribution in [3.05, 3.63) is 108 Å². The molecule has 1 unspecified atom stereocenters. The van der Waals surface area contributed by atoms with Gasteiger partial charge in [-0.05, 0) is 63.6 Å². The maximum absolute atomic E-state index is 2.45. The van der Waals surface area contributed by atoms with Gasteiger partial charge in [-0.1, -0.05) is 109 Å². The van der Waals surface area contributed by atoms with Gasteiger partial charge in [0.1, 0.15) is 0 Å². The van der Waals surface area contributed by atoms with Gasteiger partial charge in [-0.25, -0.2) is 0 Å². The summed E-state index contributed by atoms with van der Waals surface area (Å²) < 4.78 is 0. The van der Waals surface area contributed by atoms with E-state index < -0.39 is 7.92 Å². The smallest absolute Gasteiger partial charge is 0.0193 e. The standard InChI is InChI=1S/C29H34NP/c1-30(2)28(22-12-11-16-24-14-9-10-15-24)27-21-13-23-29(27)31(25-17-5-3-6-18-25)26-19-7-4-8-20-26/h3-10,13-14,17-21,23,27-28H,11-12,15-16,22H2,1-2H3/t27?,28-/m1/s1. The molecule has 2 aliphatic rings. The van der Waals surface area contributed by atoms with Crippen LogP contribution in [0.2, 0.25) is 0 Å². The number of hydrogen-bond donors (Lipinski definition) is 0. The van der Waals surface area contributed by atoms with Gasteiger partial charge >= 0.3 is 0 Å². The first-order valence-electron chi connectivity index (χ1n) is 11.5. The molecule has 1 nitrogen and oxygen atoms in total. The second-order valence-electron chi connectivity index (χ2n) is 8.74. The number of unbranched alkanes of at least 4 members (excludes halogenated alkanes) is 1. The molecular formula is C29H34NP. The third-order valence-electron chi connectivity index (χ3n) is 6.39. The molecule has 0 saturated heterocycles. The lowest BCUT2D eigenvalue weighted by atomic mass is 9.94. The van der Waals surface area contributed by atoms with Gasteiger partial charge in [0.2, 0.25) is 0 Å². The van der Waals surface area contributed by atoms with Gasteiger partial charge < -0.3 is 4.90 Å². The van der Waals surface area contributed by atoms with Crippen LogP contribution < -0.4 is 10.6 Å². The Morgan fingerprint density at radius 3 is 2.13 bits per heavy atom. The van der Waals surface area contributed by atoms with Crippen LogP contribution in [-0.2, 0) is 0 Å². The third-order valence-corrected chi connectivity index (χ3v) is 8.98. The molecule has 0 aromatic heterocycles. The summed E-state index contributed by atoms with van der Waals surface area (Å²) in [6, 6.07) is 22.7. The van der Waals surface area contributed by atoms with Gasteiger partial charge in [0, 0.05) is 12.0 Å². The topological polar surface area (TPSA) is 3.24 Å². The van der Waals surface area contributed by atoms with E-state index in [1.807, 2.05) is 0 Å². The average Bonchev–Trinajstić information content (AvgIpc) is 3.48. The van der Waals surface area contributed by atoms with Gasteiger partial charge in [0.05, 0.1) is 0 Å². The summed E-state index contributed by atoms with van der Waals surface area (Å²) in [5.74, 6) is 0.480. The van der Waals surface area contributed by atoms with E-state index in [0.29, 0.717) is 12.0 Å². The average molecular weight is 428 g/mol. The van der Waals surface area contributed by atoms with E-state index in [-0.39, 0.29) is 0 Å². The van der Waals surface area contributed by atoms with Gasteiger partial charge in [-0.2, -0.15) is 0 Å². The SMILES string of the molecule is CN(C)[C@H](CCCCC1=CC=CC1)C1C=CC=C1P(c1ccccc1)c1ccccc1. The molecule has 0 saturated carbocycles. The molecule has 2 aliphatic carbocycles. The minimum atomic E-state index is -0.520. The summed E-state index contributed by atoms with van der Waals surface area (Å²) >= 11 is 0. The van der Waals surface area contributed by atoms with Crippen LogP contribution in [0.1, 0.15) is 32.1 Å². The van der Waals surface area contributed by atoms with Gasteiger partial charge in [-0.15, -0.1) is 0 Å². The Kier molecular flexibility index (Phi) is 7.73. The fourth-order valence-electron chi connectivity index (χ4n) is 4.78. The number of rotatable bonds is 10. The van der Waals surface area contributed by atoms with Crippen LogP contribution in [0.3, 0.4) is 0 Å². The molecule has 0 amide bonds. The minimum absolute atomic E-state index is 0.480. The highest BCUT2D eigenvalue weighted by molar-refractivity contribution is 7.76. The van der Waals surface area contributed by atoms with Gasteiger partial charge in [-0.3, -0.25) is 0 Å². The van der Waals surface area contributed by atoms with Gasteiger partial charge in [0.15, 0.2) is 0 Å². The largest absolute Gasteiger partial charge is 0.306 e. The van der Waals surface area contributed by atoms with E-state index in [1.54, 1.807) is 10.9 Å². The molecule has 4 rings (SSSR count). The Morgan fingerprint density at radius 2 is 1.55 bits per heavy atom. The van der Waals surface area contributed by atoms with Crippen molar-refractivity contribution in [1.82, 2.24) is 4.90 Å². The molecule has 0 N–H and O–H groups in total. The first kappa shape index (κ1) is 22.0. The molecule has 0 fully saturated rings. The predicted molar refractivity (Wildman–Crippen MR) is 138 cm³/mol. The molecule has 2 aromatic rings. The van der Waals surface area contributed by atoms with E-state index in [9.17, 15) is 0 Å². The number of allylic oxidation sites excluding steroid dienone is 6. The molecule has 0 spiro atoms. The van der Waals surface area contributed by atoms with E-state index >= 15 is 0 Å². The monoisotopic (exact) mass is 427 g/mol. The van der Waals surface area contributed by atoms with E-state index in [4.69, 9.17) is 0 Å². The van der Waals surface area contributed by atoms with Crippen molar-refractivity contribution in [3.8, 4) is 0 Å². The molecule has 160 valence electrons. The van der Waals surface area contributed by atoms with Gasteiger partial charge in [0.25, 0.3) is 0 Å². The lowest BCUT2D eigenvalue weighted by molar-refractivity contribution is 0.241. The second-order valence-corrected chi connectivity index (χ2v) is 11.0. The number of benzene rings is 2. The van der Waals surface area contributed by atoms with E-state index in [1.165, 1.54) is 36.3 Å². The molecule has 2 atom stereocenters. The van der Waals surface area contributed by atoms with Crippen LogP contribution in [0.5, 0.6) is 0 Å². The molecule has 2 heteroatoms. The summed E-state index contributed by atoms with van der Waals surface area (Å²) in [6.07, 6.45) is 20.2. The summed E-state index contributed by atoms with van der Waals surface area (Å²) in [7, 11) is 3.99. The highest BCUT2D eigenvalue weighted by Crippen LogP contribution is 2.50. The van der Waals surface area contributed by atoms with E-state index in [2.05, 4.69) is 116 Å². The predicted octanol–water partition coefficient (Wildman–Crippen LogP) is 6.57. The van der Waals surface area contributed by atoms with Crippen molar-refractivity contribution in [1.29, 1.82) is 0 Å². The highest BCUT2D eigenvalue weighted by Gasteiger charge is 2.32. The fraction of sp³-hybridized carbons (Fsp3) is 0.310. The highest BCUT2D eigenvalue weighted by atomic mass is 31.1. The van der Waals surface area contributed by atoms with Crippen LogP contribution in [0.15, 0.2) is 108 Å². The number of nitrogens with zero attached hydrogens (tertiary/aromatic N) is 1. The summed E-state index contributed by atoms with van der Waals surface area (Å²) in [6.45, 7) is 0. The zero-order valence-electron chi connectivity index (χ0n) is 18.8. The Morgan fingerprint density at radius 1 is 0.871 bits per heavy atom. The Balaban J connectivity index is 1.52. The van der Waals surface area contributed by atoms with Crippen LogP contribution in [-0.4, -0.2) is 25.0 Å². The van der Waals surface area contributed by atoms with Crippen LogP contribution in [0.4, 0.5) is 0 Å². The van der Waals surface area contributed by atoms with Crippen molar-refractivity contribution in [2.75, 3.05) is 14.1 Å². The molecule has 0 radical (unpaired) electrons. The second kappa shape index (κ2) is 10.9. The first-order valence-corrected chi connectivity index (χ1v) is 12.9. The zero-order valence-corrected chi connectivity index (χ0v) is 19.7. The van der Waals surface area contributed by atoms with E-state index in [0.717, 1.165) is 6.42 Å². The maximum Gasteiger partial charge on any atom is 0.0193 e. The van der Waals surface area contributed by atoms with Crippen molar-refractivity contribution in [2.45, 2.75) is 38.1 Å². The summed E-state index contributed by atoms with van der Waals surface area (Å²) in [5, 5.41) is 4.48. The van der Waals surface area contributed by atoms with Crippen LogP contribution in [0.25, 0.3) is 0 Å². The molecule has 0 aliphatic heterocycles. The lowest BCUT2D eigenvalue weighted by Crippen LogP contribution is -2.35. The zero-order chi connectivity index (χ0) is 21.5. The Hall–Kier alpha value is -2.21. The van der Waals surface area contributed by atoms with Crippen molar-refractivity contribution in [2.24, 2.45) is 5.92 Å². The molecular weight excluding hydrogens is 393 g/mol. The van der Waals surface area contributed by atoms with Crippen LogP contribution in [0, 0.1) is 5.92 Å². The summed E-state index contributed by atoms with van der Waals surface area (Å²) in [4.78, 5) is 2.45. The maximum atomic E-state index is 2.45. The molecule has 31 heavy (non-hydrogen) atoms. The normalized spacial score (nSPS) is 18.6. The molecule has 0 bridgehead atoms. The molecule has 2 aromatic carbocycles. The van der Waals surface area contributed by atoms with Crippen molar-refractivity contribution >= 4 is 18.5 Å². The Labute approximate surface area is 189 Å². The van der Waals surface area contributed by atoms with Crippen molar-refractivity contribution < 1.29 is 0 Å². The Bertz CT molecular complexity index is 913.